The van der Waals surface area contributed by atoms with Gasteiger partial charge in [-0.25, -0.2) is 9.78 Å². The molecule has 0 bridgehead atoms. The molecule has 2 fully saturated rings. The minimum atomic E-state index is -4.64. The number of halogens is 3. The number of carbonyl (C=O) groups is 3. The molecule has 1 aromatic rings. The lowest BCUT2D eigenvalue weighted by atomic mass is 9.75. The fraction of sp³-hybridized carbons (Fsp3) is 0.556. The van der Waals surface area contributed by atoms with Crippen LogP contribution in [0, 0.1) is 5.92 Å². The summed E-state index contributed by atoms with van der Waals surface area (Å²) >= 11 is 0. The van der Waals surface area contributed by atoms with Crippen LogP contribution in [0.2, 0.25) is 0 Å². The molecular weight excluding hydrogens is 377 g/mol. The van der Waals surface area contributed by atoms with E-state index in [9.17, 15) is 27.6 Å². The first kappa shape index (κ1) is 20.1. The molecule has 0 aromatic carbocycles. The molecular formula is C18H21F3N4O3. The number of hydrogen-bond acceptors (Lipinski definition) is 4. The van der Waals surface area contributed by atoms with Crippen molar-refractivity contribution in [2.45, 2.75) is 50.7 Å². The third kappa shape index (κ3) is 3.95. The number of aromatic nitrogens is 1. The summed E-state index contributed by atoms with van der Waals surface area (Å²) < 4.78 is 38.1. The topological polar surface area (TPSA) is 91.4 Å². The van der Waals surface area contributed by atoms with Crippen LogP contribution in [0.25, 0.3) is 0 Å². The smallest absolute Gasteiger partial charge is 0.323 e. The number of nitrogens with one attached hydrogen (secondary N) is 2. The number of pyridine rings is 1. The highest BCUT2D eigenvalue weighted by molar-refractivity contribution is 6.10. The van der Waals surface area contributed by atoms with Gasteiger partial charge in [0.25, 0.3) is 5.91 Å². The van der Waals surface area contributed by atoms with E-state index in [4.69, 9.17) is 0 Å². The molecule has 1 saturated heterocycles. The molecule has 1 aliphatic carbocycles. The Kier molecular flexibility index (Phi) is 5.31. The molecule has 4 amide bonds. The molecule has 2 heterocycles. The minimum Gasteiger partial charge on any atom is -0.323 e. The van der Waals surface area contributed by atoms with Crippen molar-refractivity contribution in [3.63, 3.8) is 0 Å². The molecule has 1 aromatic heterocycles. The minimum absolute atomic E-state index is 0.301. The summed E-state index contributed by atoms with van der Waals surface area (Å²) in [5, 5.41) is 4.91. The van der Waals surface area contributed by atoms with E-state index < -0.39 is 41.8 Å². The van der Waals surface area contributed by atoms with Gasteiger partial charge in [0.15, 0.2) is 0 Å². The van der Waals surface area contributed by atoms with E-state index in [0.717, 1.165) is 36.3 Å². The lowest BCUT2D eigenvalue weighted by Gasteiger charge is -2.34. The number of anilines is 1. The van der Waals surface area contributed by atoms with Crippen LogP contribution in [0.4, 0.5) is 23.8 Å². The number of alkyl halides is 3. The molecule has 0 atom stereocenters. The third-order valence-corrected chi connectivity index (χ3v) is 5.39. The number of amides is 4. The fourth-order valence-electron chi connectivity index (χ4n) is 3.73. The molecule has 1 aliphatic heterocycles. The summed E-state index contributed by atoms with van der Waals surface area (Å²) in [6, 6.07) is 2.43. The molecule has 2 N–H and O–H groups in total. The first-order valence-corrected chi connectivity index (χ1v) is 9.13. The van der Waals surface area contributed by atoms with E-state index in [1.54, 1.807) is 0 Å². The summed E-state index contributed by atoms with van der Waals surface area (Å²) in [7, 11) is 0. The maximum absolute atomic E-state index is 12.8. The van der Waals surface area contributed by atoms with Crippen LogP contribution >= 0.6 is 0 Å². The molecule has 2 aliphatic rings. The van der Waals surface area contributed by atoms with Gasteiger partial charge in [-0.15, -0.1) is 0 Å². The quantitative estimate of drug-likeness (QED) is 0.763. The van der Waals surface area contributed by atoms with Gasteiger partial charge < -0.3 is 10.6 Å². The Balaban J connectivity index is 1.65. The van der Waals surface area contributed by atoms with Gasteiger partial charge >= 0.3 is 12.2 Å². The van der Waals surface area contributed by atoms with Gasteiger partial charge in [0.2, 0.25) is 5.91 Å². The zero-order chi connectivity index (χ0) is 20.5. The molecule has 0 unspecified atom stereocenters. The predicted molar refractivity (Wildman–Crippen MR) is 93.1 cm³/mol. The number of hydrogen-bond donors (Lipinski definition) is 2. The number of rotatable bonds is 4. The van der Waals surface area contributed by atoms with Crippen LogP contribution in [0.1, 0.15) is 44.7 Å². The standard InChI is InChI=1S/C18H21F3N4O3/c1-2-11-6-8-17(9-7-11)15(27)25(16(28)24-17)10-14(26)23-13-5-3-4-12(22-13)18(19,20)21/h3-5,11H,2,6-10H2,1H3,(H,24,28)(H,22,23,26). The molecule has 28 heavy (non-hydrogen) atoms. The van der Waals surface area contributed by atoms with Gasteiger partial charge in [0, 0.05) is 0 Å². The zero-order valence-electron chi connectivity index (χ0n) is 15.3. The van der Waals surface area contributed by atoms with Gasteiger partial charge in [0.1, 0.15) is 23.6 Å². The average molecular weight is 398 g/mol. The van der Waals surface area contributed by atoms with E-state index in [0.29, 0.717) is 18.8 Å². The largest absolute Gasteiger partial charge is 0.433 e. The van der Waals surface area contributed by atoms with Gasteiger partial charge in [-0.05, 0) is 43.7 Å². The first-order valence-electron chi connectivity index (χ1n) is 9.13. The van der Waals surface area contributed by atoms with Crippen molar-refractivity contribution in [3.8, 4) is 0 Å². The highest BCUT2D eigenvalue weighted by atomic mass is 19.4. The lowest BCUT2D eigenvalue weighted by Crippen LogP contribution is -2.49. The van der Waals surface area contributed by atoms with Crippen molar-refractivity contribution in [3.05, 3.63) is 23.9 Å². The third-order valence-electron chi connectivity index (χ3n) is 5.39. The average Bonchev–Trinajstić information content (AvgIpc) is 2.86. The van der Waals surface area contributed by atoms with Crippen LogP contribution in [-0.2, 0) is 15.8 Å². The Morgan fingerprint density at radius 1 is 1.32 bits per heavy atom. The Bertz CT molecular complexity index is 789. The predicted octanol–water partition coefficient (Wildman–Crippen LogP) is 2.93. The van der Waals surface area contributed by atoms with Crippen molar-refractivity contribution >= 4 is 23.7 Å². The molecule has 152 valence electrons. The summed E-state index contributed by atoms with van der Waals surface area (Å²) in [5.41, 5.74) is -2.12. The second-order valence-corrected chi connectivity index (χ2v) is 7.21. The Hall–Kier alpha value is -2.65. The van der Waals surface area contributed by atoms with E-state index >= 15 is 0 Å². The molecule has 1 saturated carbocycles. The molecule has 10 heteroatoms. The van der Waals surface area contributed by atoms with Crippen molar-refractivity contribution < 1.29 is 27.6 Å². The van der Waals surface area contributed by atoms with Crippen molar-refractivity contribution in [2.24, 2.45) is 5.92 Å². The number of imide groups is 1. The summed E-state index contributed by atoms with van der Waals surface area (Å²) in [6.07, 6.45) is -0.968. The number of nitrogens with zero attached hydrogens (tertiary/aromatic N) is 2. The lowest BCUT2D eigenvalue weighted by molar-refractivity contribution is -0.141. The van der Waals surface area contributed by atoms with E-state index in [1.807, 2.05) is 0 Å². The highest BCUT2D eigenvalue weighted by Crippen LogP contribution is 2.37. The van der Waals surface area contributed by atoms with Crippen LogP contribution in [0.3, 0.4) is 0 Å². The molecule has 1 spiro atoms. The van der Waals surface area contributed by atoms with Crippen molar-refractivity contribution in [1.82, 2.24) is 15.2 Å². The van der Waals surface area contributed by atoms with Gasteiger partial charge in [0.05, 0.1) is 0 Å². The first-order chi connectivity index (χ1) is 13.1. The van der Waals surface area contributed by atoms with Crippen LogP contribution in [0.5, 0.6) is 0 Å². The Morgan fingerprint density at radius 2 is 2.00 bits per heavy atom. The van der Waals surface area contributed by atoms with Crippen LogP contribution < -0.4 is 10.6 Å². The monoisotopic (exact) mass is 398 g/mol. The van der Waals surface area contributed by atoms with Crippen molar-refractivity contribution in [2.75, 3.05) is 11.9 Å². The number of urea groups is 1. The molecule has 7 nitrogen and oxygen atoms in total. The summed E-state index contributed by atoms with van der Waals surface area (Å²) in [6.45, 7) is 1.50. The molecule has 0 radical (unpaired) electrons. The Labute approximate surface area is 159 Å². The number of carbonyl (C=O) groups excluding carboxylic acids is 3. The van der Waals surface area contributed by atoms with Gasteiger partial charge in [-0.2, -0.15) is 13.2 Å². The second-order valence-electron chi connectivity index (χ2n) is 7.21. The van der Waals surface area contributed by atoms with E-state index in [1.165, 1.54) is 6.07 Å². The maximum Gasteiger partial charge on any atom is 0.433 e. The Morgan fingerprint density at radius 3 is 2.61 bits per heavy atom. The second kappa shape index (κ2) is 7.40. The zero-order valence-corrected chi connectivity index (χ0v) is 15.3. The van der Waals surface area contributed by atoms with E-state index in [-0.39, 0.29) is 5.82 Å². The van der Waals surface area contributed by atoms with Gasteiger partial charge in [-0.3, -0.25) is 14.5 Å². The summed E-state index contributed by atoms with van der Waals surface area (Å²) in [5.74, 6) is -1.04. The molecule has 3 rings (SSSR count). The normalized spacial score (nSPS) is 25.1. The highest BCUT2D eigenvalue weighted by Gasteiger charge is 2.52. The SMILES string of the molecule is CCC1CCC2(CC1)NC(=O)N(CC(=O)Nc1cccc(C(F)(F)F)n1)C2=O. The fourth-order valence-corrected chi connectivity index (χ4v) is 3.73. The van der Waals surface area contributed by atoms with Crippen molar-refractivity contribution in [1.29, 1.82) is 0 Å². The summed E-state index contributed by atoms with van der Waals surface area (Å²) in [4.78, 5) is 41.3. The van der Waals surface area contributed by atoms with E-state index in [2.05, 4.69) is 22.5 Å². The van der Waals surface area contributed by atoms with Gasteiger partial charge in [-0.1, -0.05) is 19.4 Å². The van der Waals surface area contributed by atoms with Crippen LogP contribution in [0.15, 0.2) is 18.2 Å². The van der Waals surface area contributed by atoms with Crippen LogP contribution in [-0.4, -0.2) is 39.8 Å². The maximum atomic E-state index is 12.8.